The SMILES string of the molecule is COc1cccc(CN(C(=O)Cc2ccc(Cl)cc2Cl)C(C)C(=O)NC(C)(C)C)c1. The summed E-state index contributed by atoms with van der Waals surface area (Å²) in [7, 11) is 1.59. The maximum Gasteiger partial charge on any atom is 0.242 e. The fourth-order valence-corrected chi connectivity index (χ4v) is 3.43. The minimum absolute atomic E-state index is 0.0626. The van der Waals surface area contributed by atoms with Crippen LogP contribution in [0.15, 0.2) is 42.5 Å². The second-order valence-electron chi connectivity index (χ2n) is 8.20. The number of ether oxygens (including phenoxy) is 1. The quantitative estimate of drug-likeness (QED) is 0.653. The first-order valence-corrected chi connectivity index (χ1v) is 10.4. The van der Waals surface area contributed by atoms with Gasteiger partial charge in [-0.1, -0.05) is 41.4 Å². The summed E-state index contributed by atoms with van der Waals surface area (Å²) in [6.07, 6.45) is 0.0626. The van der Waals surface area contributed by atoms with E-state index in [-0.39, 0.29) is 24.8 Å². The maximum atomic E-state index is 13.2. The molecule has 2 amide bonds. The molecule has 0 aromatic heterocycles. The fraction of sp³-hybridized carbons (Fsp3) is 0.391. The Kier molecular flexibility index (Phi) is 8.16. The molecule has 1 N–H and O–H groups in total. The standard InChI is InChI=1S/C23H28Cl2N2O3/c1-15(22(29)26-23(2,3)4)27(14-16-7-6-8-19(11-16)30-5)21(28)12-17-9-10-18(24)13-20(17)25/h6-11,13,15H,12,14H2,1-5H3,(H,26,29). The van der Waals surface area contributed by atoms with Crippen LogP contribution in [0.1, 0.15) is 38.8 Å². The van der Waals surface area contributed by atoms with E-state index >= 15 is 0 Å². The van der Waals surface area contributed by atoms with Crippen molar-refractivity contribution < 1.29 is 14.3 Å². The lowest BCUT2D eigenvalue weighted by atomic mass is 10.1. The Morgan fingerprint density at radius 1 is 1.13 bits per heavy atom. The molecule has 30 heavy (non-hydrogen) atoms. The lowest BCUT2D eigenvalue weighted by Gasteiger charge is -2.31. The van der Waals surface area contributed by atoms with Crippen LogP contribution in [0.2, 0.25) is 10.0 Å². The Balaban J connectivity index is 2.30. The summed E-state index contributed by atoms with van der Waals surface area (Å²) in [6, 6.07) is 11.8. The molecule has 1 unspecified atom stereocenters. The molecule has 0 saturated heterocycles. The van der Waals surface area contributed by atoms with Crippen LogP contribution in [0.5, 0.6) is 5.75 Å². The molecule has 7 heteroatoms. The Labute approximate surface area is 188 Å². The van der Waals surface area contributed by atoms with Crippen LogP contribution in [0.4, 0.5) is 0 Å². The minimum Gasteiger partial charge on any atom is -0.497 e. The van der Waals surface area contributed by atoms with Crippen molar-refractivity contribution in [2.75, 3.05) is 7.11 Å². The summed E-state index contributed by atoms with van der Waals surface area (Å²) in [6.45, 7) is 7.70. The number of amides is 2. The second-order valence-corrected chi connectivity index (χ2v) is 9.04. The van der Waals surface area contributed by atoms with Crippen molar-refractivity contribution in [1.29, 1.82) is 0 Å². The van der Waals surface area contributed by atoms with E-state index in [2.05, 4.69) is 5.32 Å². The lowest BCUT2D eigenvalue weighted by molar-refractivity contribution is -0.140. The molecule has 5 nitrogen and oxygen atoms in total. The number of carbonyl (C=O) groups is 2. The van der Waals surface area contributed by atoms with E-state index in [1.807, 2.05) is 45.0 Å². The predicted molar refractivity (Wildman–Crippen MR) is 121 cm³/mol. The van der Waals surface area contributed by atoms with Gasteiger partial charge in [0.25, 0.3) is 0 Å². The largest absolute Gasteiger partial charge is 0.497 e. The molecule has 162 valence electrons. The van der Waals surface area contributed by atoms with Crippen LogP contribution in [-0.4, -0.2) is 35.4 Å². The Morgan fingerprint density at radius 3 is 2.43 bits per heavy atom. The Bertz CT molecular complexity index is 910. The van der Waals surface area contributed by atoms with E-state index in [1.165, 1.54) is 0 Å². The molecule has 0 heterocycles. The molecule has 0 bridgehead atoms. The fourth-order valence-electron chi connectivity index (χ4n) is 2.95. The molecule has 0 spiro atoms. The van der Waals surface area contributed by atoms with Gasteiger partial charge in [-0.05, 0) is 63.1 Å². The highest BCUT2D eigenvalue weighted by Crippen LogP contribution is 2.23. The number of methoxy groups -OCH3 is 1. The average molecular weight is 451 g/mol. The molecule has 0 saturated carbocycles. The topological polar surface area (TPSA) is 58.6 Å². The van der Waals surface area contributed by atoms with E-state index in [0.29, 0.717) is 21.4 Å². The molecule has 0 fully saturated rings. The molecule has 2 aromatic rings. The third-order valence-corrected chi connectivity index (χ3v) is 5.10. The van der Waals surface area contributed by atoms with Gasteiger partial charge in [0.1, 0.15) is 11.8 Å². The molecule has 0 aliphatic carbocycles. The van der Waals surface area contributed by atoms with Gasteiger partial charge in [0.15, 0.2) is 0 Å². The summed E-state index contributed by atoms with van der Waals surface area (Å²) >= 11 is 12.2. The number of hydrogen-bond donors (Lipinski definition) is 1. The highest BCUT2D eigenvalue weighted by atomic mass is 35.5. The molecular formula is C23H28Cl2N2O3. The van der Waals surface area contributed by atoms with Crippen LogP contribution < -0.4 is 10.1 Å². The molecule has 2 rings (SSSR count). The first-order chi connectivity index (χ1) is 14.0. The molecular weight excluding hydrogens is 423 g/mol. The van der Waals surface area contributed by atoms with Crippen molar-refractivity contribution in [3.63, 3.8) is 0 Å². The van der Waals surface area contributed by atoms with Crippen LogP contribution in [0.25, 0.3) is 0 Å². The van der Waals surface area contributed by atoms with Gasteiger partial charge in [-0.2, -0.15) is 0 Å². The van der Waals surface area contributed by atoms with Crippen molar-refractivity contribution in [2.45, 2.75) is 52.2 Å². The number of rotatable bonds is 7. The summed E-state index contributed by atoms with van der Waals surface area (Å²) in [5, 5.41) is 3.87. The Hall–Kier alpha value is -2.24. The van der Waals surface area contributed by atoms with Gasteiger partial charge in [0.2, 0.25) is 11.8 Å². The van der Waals surface area contributed by atoms with Gasteiger partial charge in [0, 0.05) is 22.1 Å². The molecule has 1 atom stereocenters. The molecule has 0 aliphatic rings. The maximum absolute atomic E-state index is 13.2. The monoisotopic (exact) mass is 450 g/mol. The third kappa shape index (κ3) is 6.92. The van der Waals surface area contributed by atoms with E-state index in [4.69, 9.17) is 27.9 Å². The number of halogens is 2. The summed E-state index contributed by atoms with van der Waals surface area (Å²) in [5.41, 5.74) is 1.11. The zero-order valence-electron chi connectivity index (χ0n) is 18.0. The summed E-state index contributed by atoms with van der Waals surface area (Å²) < 4.78 is 5.28. The third-order valence-electron chi connectivity index (χ3n) is 4.51. The van der Waals surface area contributed by atoms with E-state index < -0.39 is 11.6 Å². The number of carbonyl (C=O) groups excluding carboxylic acids is 2. The smallest absolute Gasteiger partial charge is 0.242 e. The Morgan fingerprint density at radius 2 is 1.83 bits per heavy atom. The number of nitrogens with one attached hydrogen (secondary N) is 1. The van der Waals surface area contributed by atoms with Crippen LogP contribution in [0, 0.1) is 0 Å². The zero-order chi connectivity index (χ0) is 22.5. The first kappa shape index (κ1) is 24.0. The van der Waals surface area contributed by atoms with Crippen molar-refractivity contribution in [2.24, 2.45) is 0 Å². The van der Waals surface area contributed by atoms with Crippen molar-refractivity contribution >= 4 is 35.0 Å². The highest BCUT2D eigenvalue weighted by molar-refractivity contribution is 6.35. The van der Waals surface area contributed by atoms with Gasteiger partial charge in [-0.3, -0.25) is 9.59 Å². The van der Waals surface area contributed by atoms with E-state index in [0.717, 1.165) is 5.56 Å². The minimum atomic E-state index is -0.672. The zero-order valence-corrected chi connectivity index (χ0v) is 19.5. The van der Waals surface area contributed by atoms with E-state index in [9.17, 15) is 9.59 Å². The van der Waals surface area contributed by atoms with Gasteiger partial charge in [-0.25, -0.2) is 0 Å². The molecule has 0 aliphatic heterocycles. The summed E-state index contributed by atoms with van der Waals surface area (Å²) in [5.74, 6) is 0.256. The first-order valence-electron chi connectivity index (χ1n) is 9.68. The number of nitrogens with zero attached hydrogens (tertiary/aromatic N) is 1. The van der Waals surface area contributed by atoms with Crippen LogP contribution in [-0.2, 0) is 22.6 Å². The van der Waals surface area contributed by atoms with Crippen molar-refractivity contribution in [1.82, 2.24) is 10.2 Å². The normalized spacial score (nSPS) is 12.2. The summed E-state index contributed by atoms with van der Waals surface area (Å²) in [4.78, 5) is 27.6. The van der Waals surface area contributed by atoms with Crippen molar-refractivity contribution in [3.05, 3.63) is 63.6 Å². The van der Waals surface area contributed by atoms with Crippen molar-refractivity contribution in [3.8, 4) is 5.75 Å². The number of benzene rings is 2. The van der Waals surface area contributed by atoms with E-state index in [1.54, 1.807) is 37.1 Å². The highest BCUT2D eigenvalue weighted by Gasteiger charge is 2.28. The predicted octanol–water partition coefficient (Wildman–Crippen LogP) is 4.88. The lowest BCUT2D eigenvalue weighted by Crippen LogP contribution is -2.52. The average Bonchev–Trinajstić information content (AvgIpc) is 2.66. The van der Waals surface area contributed by atoms with Gasteiger partial charge in [0.05, 0.1) is 13.5 Å². The van der Waals surface area contributed by atoms with Crippen LogP contribution in [0.3, 0.4) is 0 Å². The van der Waals surface area contributed by atoms with Gasteiger partial charge in [-0.15, -0.1) is 0 Å². The van der Waals surface area contributed by atoms with Gasteiger partial charge < -0.3 is 15.0 Å². The number of hydrogen-bond acceptors (Lipinski definition) is 3. The second kappa shape index (κ2) is 10.2. The van der Waals surface area contributed by atoms with Crippen LogP contribution >= 0.6 is 23.2 Å². The van der Waals surface area contributed by atoms with Gasteiger partial charge >= 0.3 is 0 Å². The molecule has 2 aromatic carbocycles. The molecule has 0 radical (unpaired) electrons.